The molecular weight excluding hydrogens is 296 g/mol. The molecule has 0 saturated carbocycles. The predicted molar refractivity (Wildman–Crippen MR) is 80.5 cm³/mol. The summed E-state index contributed by atoms with van der Waals surface area (Å²) in [6, 6.07) is 5.13. The van der Waals surface area contributed by atoms with E-state index in [4.69, 9.17) is 5.73 Å². The number of sulfonamides is 1. The van der Waals surface area contributed by atoms with Crippen molar-refractivity contribution in [1.29, 1.82) is 0 Å². The fourth-order valence-corrected chi connectivity index (χ4v) is 4.19. The van der Waals surface area contributed by atoms with Crippen LogP contribution in [0.15, 0.2) is 28.6 Å². The van der Waals surface area contributed by atoms with Crippen molar-refractivity contribution >= 4 is 27.2 Å². The van der Waals surface area contributed by atoms with Gasteiger partial charge in [-0.3, -0.25) is 4.72 Å². The highest BCUT2D eigenvalue weighted by atomic mass is 32.2. The first-order chi connectivity index (χ1) is 9.44. The van der Waals surface area contributed by atoms with Crippen LogP contribution in [0.1, 0.15) is 24.8 Å². The lowest BCUT2D eigenvalue weighted by molar-refractivity contribution is 0.539. The van der Waals surface area contributed by atoms with E-state index in [0.29, 0.717) is 18.8 Å². The molecule has 0 fully saturated rings. The average molecular weight is 314 g/mol. The van der Waals surface area contributed by atoms with Crippen LogP contribution in [-0.4, -0.2) is 24.7 Å². The van der Waals surface area contributed by atoms with Crippen molar-refractivity contribution < 1.29 is 8.42 Å². The first-order valence-electron chi connectivity index (χ1n) is 6.29. The normalized spacial score (nSPS) is 12.0. The number of hydrogen-bond acceptors (Lipinski definition) is 5. The van der Waals surface area contributed by atoms with Crippen LogP contribution in [0.2, 0.25) is 0 Å². The number of nitrogens with one attached hydrogen (secondary N) is 1. The molecule has 8 heteroatoms. The highest BCUT2D eigenvalue weighted by molar-refractivity contribution is 7.94. The molecule has 0 aromatic carbocycles. The molecule has 3 N–H and O–H groups in total. The van der Waals surface area contributed by atoms with E-state index in [2.05, 4.69) is 9.82 Å². The van der Waals surface area contributed by atoms with Gasteiger partial charge in [0.05, 0.1) is 6.20 Å². The molecule has 20 heavy (non-hydrogen) atoms. The lowest BCUT2D eigenvalue weighted by Gasteiger charge is -2.12. The van der Waals surface area contributed by atoms with E-state index in [-0.39, 0.29) is 10.3 Å². The lowest BCUT2D eigenvalue weighted by atomic mass is 10.3. The van der Waals surface area contributed by atoms with Crippen molar-refractivity contribution in [2.24, 2.45) is 5.73 Å². The molecule has 0 aliphatic carbocycles. The second kappa shape index (κ2) is 5.94. The fraction of sp³-hybridized carbons (Fsp3) is 0.417. The summed E-state index contributed by atoms with van der Waals surface area (Å²) in [6.45, 7) is 4.39. The second-order valence-electron chi connectivity index (χ2n) is 4.62. The summed E-state index contributed by atoms with van der Waals surface area (Å²) in [5, 5.41) is 4.10. The quantitative estimate of drug-likeness (QED) is 0.851. The molecule has 2 aromatic rings. The van der Waals surface area contributed by atoms with Gasteiger partial charge in [-0.05, 0) is 38.9 Å². The van der Waals surface area contributed by atoms with Crippen LogP contribution < -0.4 is 10.5 Å². The van der Waals surface area contributed by atoms with Gasteiger partial charge in [0.1, 0.15) is 10.0 Å². The minimum Gasteiger partial charge on any atom is -0.330 e. The maximum Gasteiger partial charge on any atom is 0.272 e. The van der Waals surface area contributed by atoms with Crippen molar-refractivity contribution in [3.8, 4) is 0 Å². The third-order valence-electron chi connectivity index (χ3n) is 2.69. The van der Waals surface area contributed by atoms with Gasteiger partial charge in [-0.2, -0.15) is 5.10 Å². The van der Waals surface area contributed by atoms with Gasteiger partial charge in [-0.1, -0.05) is 0 Å². The molecule has 6 nitrogen and oxygen atoms in total. The molecule has 110 valence electrons. The summed E-state index contributed by atoms with van der Waals surface area (Å²) >= 11 is 1.24. The first-order valence-corrected chi connectivity index (χ1v) is 8.59. The van der Waals surface area contributed by atoms with Gasteiger partial charge in [0.15, 0.2) is 0 Å². The van der Waals surface area contributed by atoms with E-state index in [9.17, 15) is 8.42 Å². The summed E-state index contributed by atoms with van der Waals surface area (Å²) < 4.78 is 29.1. The highest BCUT2D eigenvalue weighted by Gasteiger charge is 2.19. The fourth-order valence-electron chi connectivity index (χ4n) is 1.77. The third kappa shape index (κ3) is 3.20. The molecule has 0 amide bonds. The number of hydrogen-bond donors (Lipinski definition) is 2. The smallest absolute Gasteiger partial charge is 0.272 e. The van der Waals surface area contributed by atoms with E-state index >= 15 is 0 Å². The first kappa shape index (κ1) is 15.0. The Bertz CT molecular complexity index is 673. The summed E-state index contributed by atoms with van der Waals surface area (Å²) in [7, 11) is -3.57. The molecule has 0 radical (unpaired) electrons. The maximum absolute atomic E-state index is 12.3. The number of anilines is 1. The molecule has 2 rings (SSSR count). The Morgan fingerprint density at radius 3 is 2.80 bits per heavy atom. The van der Waals surface area contributed by atoms with Gasteiger partial charge >= 0.3 is 0 Å². The van der Waals surface area contributed by atoms with E-state index in [0.717, 1.165) is 4.88 Å². The summed E-state index contributed by atoms with van der Waals surface area (Å²) in [4.78, 5) is 0.963. The van der Waals surface area contributed by atoms with Crippen LogP contribution in [0, 0.1) is 0 Å². The van der Waals surface area contributed by atoms with Gasteiger partial charge in [0.25, 0.3) is 10.0 Å². The zero-order valence-electron chi connectivity index (χ0n) is 11.4. The molecule has 2 heterocycles. The Hall–Kier alpha value is -1.38. The Kier molecular flexibility index (Phi) is 4.46. The monoisotopic (exact) mass is 314 g/mol. The summed E-state index contributed by atoms with van der Waals surface area (Å²) in [5.41, 5.74) is 5.47. The van der Waals surface area contributed by atoms with Gasteiger partial charge < -0.3 is 5.73 Å². The zero-order valence-corrected chi connectivity index (χ0v) is 13.0. The van der Waals surface area contributed by atoms with Crippen LogP contribution >= 0.6 is 11.3 Å². The zero-order chi connectivity index (χ0) is 14.8. The Morgan fingerprint density at radius 2 is 2.15 bits per heavy atom. The van der Waals surface area contributed by atoms with E-state index < -0.39 is 10.0 Å². The Morgan fingerprint density at radius 1 is 1.40 bits per heavy atom. The largest absolute Gasteiger partial charge is 0.330 e. The molecule has 0 saturated heterocycles. The molecule has 0 spiro atoms. The highest BCUT2D eigenvalue weighted by Crippen LogP contribution is 2.25. The SMILES string of the molecule is CC(C)n1nccc1NS(=O)(=O)c1ccc(CCN)s1. The summed E-state index contributed by atoms with van der Waals surface area (Å²) in [5.74, 6) is 0.466. The standard InChI is InChI=1S/C12H18N4O2S2/c1-9(2)16-11(6-8-14-16)15-20(17,18)12-4-3-10(19-12)5-7-13/h3-4,6,8-9,15H,5,7,13H2,1-2H3. The molecular formula is C12H18N4O2S2. The Labute approximate surface area is 122 Å². The van der Waals surface area contributed by atoms with Crippen molar-refractivity contribution in [3.63, 3.8) is 0 Å². The minimum atomic E-state index is -3.57. The van der Waals surface area contributed by atoms with E-state index in [1.165, 1.54) is 11.3 Å². The van der Waals surface area contributed by atoms with E-state index in [1.54, 1.807) is 29.1 Å². The number of rotatable bonds is 6. The predicted octanol–water partition coefficient (Wildman–Crippen LogP) is 1.83. The maximum atomic E-state index is 12.3. The molecule has 0 aliphatic rings. The van der Waals surface area contributed by atoms with Crippen LogP contribution in [0.25, 0.3) is 0 Å². The molecule has 0 unspecified atom stereocenters. The van der Waals surface area contributed by atoms with Crippen molar-refractivity contribution in [3.05, 3.63) is 29.3 Å². The minimum absolute atomic E-state index is 0.0823. The van der Waals surface area contributed by atoms with Crippen molar-refractivity contribution in [2.45, 2.75) is 30.5 Å². The number of nitrogens with zero attached hydrogens (tertiary/aromatic N) is 2. The van der Waals surface area contributed by atoms with Crippen LogP contribution in [-0.2, 0) is 16.4 Å². The van der Waals surface area contributed by atoms with Crippen molar-refractivity contribution in [2.75, 3.05) is 11.3 Å². The van der Waals surface area contributed by atoms with E-state index in [1.807, 2.05) is 13.8 Å². The Balaban J connectivity index is 2.24. The topological polar surface area (TPSA) is 90.0 Å². The molecule has 2 aromatic heterocycles. The lowest BCUT2D eigenvalue weighted by Crippen LogP contribution is -2.16. The van der Waals surface area contributed by atoms with Crippen LogP contribution in [0.3, 0.4) is 0 Å². The molecule has 0 aliphatic heterocycles. The number of thiophene rings is 1. The van der Waals surface area contributed by atoms with Crippen LogP contribution in [0.4, 0.5) is 5.82 Å². The van der Waals surface area contributed by atoms with Gasteiger partial charge in [-0.15, -0.1) is 11.3 Å². The van der Waals surface area contributed by atoms with Crippen molar-refractivity contribution in [1.82, 2.24) is 9.78 Å². The van der Waals surface area contributed by atoms with Crippen LogP contribution in [0.5, 0.6) is 0 Å². The van der Waals surface area contributed by atoms with Gasteiger partial charge in [-0.25, -0.2) is 13.1 Å². The second-order valence-corrected chi connectivity index (χ2v) is 7.70. The van der Waals surface area contributed by atoms with Gasteiger partial charge in [0.2, 0.25) is 0 Å². The number of aromatic nitrogens is 2. The molecule has 0 atom stereocenters. The number of nitrogens with two attached hydrogens (primary N) is 1. The third-order valence-corrected chi connectivity index (χ3v) is 5.68. The molecule has 0 bridgehead atoms. The average Bonchev–Trinajstić information content (AvgIpc) is 2.98. The van der Waals surface area contributed by atoms with Gasteiger partial charge in [0, 0.05) is 17.0 Å². The summed E-state index contributed by atoms with van der Waals surface area (Å²) in [6.07, 6.45) is 2.26.